The average molecular weight is 255 g/mol. The molecule has 17 heavy (non-hydrogen) atoms. The van der Waals surface area contributed by atoms with E-state index in [2.05, 4.69) is 14.7 Å². The van der Waals surface area contributed by atoms with E-state index < -0.39 is 6.10 Å². The van der Waals surface area contributed by atoms with Crippen molar-refractivity contribution in [2.75, 3.05) is 20.3 Å². The van der Waals surface area contributed by atoms with Crippen molar-refractivity contribution >= 4 is 16.3 Å². The molecule has 2 N–H and O–H groups in total. The molecule has 0 radical (unpaired) electrons. The summed E-state index contributed by atoms with van der Waals surface area (Å²) in [7, 11) is 1.58. The van der Waals surface area contributed by atoms with Gasteiger partial charge < -0.3 is 15.2 Å². The monoisotopic (exact) mass is 255 g/mol. The van der Waals surface area contributed by atoms with Crippen LogP contribution in [0, 0.1) is 6.92 Å². The van der Waals surface area contributed by atoms with Crippen molar-refractivity contribution in [1.82, 2.24) is 14.7 Å². The highest BCUT2D eigenvalue weighted by Gasteiger charge is 2.09. The second-order valence-corrected chi connectivity index (χ2v) is 4.81. The molecule has 0 aliphatic heterocycles. The van der Waals surface area contributed by atoms with Crippen LogP contribution in [0.3, 0.4) is 0 Å². The lowest BCUT2D eigenvalue weighted by Crippen LogP contribution is -2.30. The number of methoxy groups -OCH3 is 1. The third kappa shape index (κ3) is 2.84. The molecule has 5 nitrogen and oxygen atoms in total. The van der Waals surface area contributed by atoms with E-state index in [9.17, 15) is 5.11 Å². The second kappa shape index (κ2) is 5.59. The fourth-order valence-electron chi connectivity index (χ4n) is 1.76. The molecule has 0 bridgehead atoms. The molecular formula is C11H17N3O2S. The molecule has 2 aromatic heterocycles. The van der Waals surface area contributed by atoms with Crippen molar-refractivity contribution in [1.29, 1.82) is 0 Å². The first kappa shape index (κ1) is 12.5. The van der Waals surface area contributed by atoms with Crippen LogP contribution in [0.25, 0.3) is 4.96 Å². The number of aryl methyl sites for hydroxylation is 1. The lowest BCUT2D eigenvalue weighted by atomic mass is 10.3. The van der Waals surface area contributed by atoms with E-state index in [4.69, 9.17) is 4.74 Å². The van der Waals surface area contributed by atoms with E-state index in [0.29, 0.717) is 19.7 Å². The Bertz CT molecular complexity index is 480. The van der Waals surface area contributed by atoms with Gasteiger partial charge in [-0.05, 0) is 6.92 Å². The van der Waals surface area contributed by atoms with Gasteiger partial charge in [0.25, 0.3) is 0 Å². The lowest BCUT2D eigenvalue weighted by molar-refractivity contribution is 0.0643. The molecular weight excluding hydrogens is 238 g/mol. The van der Waals surface area contributed by atoms with Crippen molar-refractivity contribution in [3.05, 3.63) is 23.0 Å². The molecule has 0 saturated heterocycles. The molecule has 1 atom stereocenters. The molecule has 0 aliphatic rings. The van der Waals surface area contributed by atoms with Gasteiger partial charge in [0, 0.05) is 31.8 Å². The zero-order chi connectivity index (χ0) is 12.3. The summed E-state index contributed by atoms with van der Waals surface area (Å²) in [4.78, 5) is 5.47. The van der Waals surface area contributed by atoms with Crippen molar-refractivity contribution in [3.63, 3.8) is 0 Å². The van der Waals surface area contributed by atoms with E-state index >= 15 is 0 Å². The molecule has 2 rings (SSSR count). The van der Waals surface area contributed by atoms with Crippen LogP contribution in [0.2, 0.25) is 0 Å². The molecule has 2 heterocycles. The number of thiazole rings is 1. The minimum absolute atomic E-state index is 0.353. The number of aromatic nitrogens is 2. The van der Waals surface area contributed by atoms with Gasteiger partial charge >= 0.3 is 0 Å². The Morgan fingerprint density at radius 1 is 1.65 bits per heavy atom. The maximum atomic E-state index is 9.51. The van der Waals surface area contributed by atoms with Gasteiger partial charge in [0.15, 0.2) is 4.96 Å². The van der Waals surface area contributed by atoms with Gasteiger partial charge in [-0.3, -0.25) is 4.40 Å². The van der Waals surface area contributed by atoms with Gasteiger partial charge in [-0.1, -0.05) is 0 Å². The number of rotatable bonds is 6. The van der Waals surface area contributed by atoms with Gasteiger partial charge in [-0.15, -0.1) is 11.3 Å². The van der Waals surface area contributed by atoms with E-state index in [1.54, 1.807) is 18.4 Å². The first-order valence-corrected chi connectivity index (χ1v) is 6.39. The molecule has 2 aromatic rings. The van der Waals surface area contributed by atoms with Gasteiger partial charge in [-0.25, -0.2) is 4.98 Å². The Morgan fingerprint density at radius 2 is 2.47 bits per heavy atom. The zero-order valence-corrected chi connectivity index (χ0v) is 10.8. The SMILES string of the molecule is COCC(O)CNCc1c(C)nc2sccn12. The van der Waals surface area contributed by atoms with E-state index in [1.807, 2.05) is 18.5 Å². The molecule has 0 saturated carbocycles. The number of aliphatic hydroxyl groups is 1. The van der Waals surface area contributed by atoms with Crippen LogP contribution >= 0.6 is 11.3 Å². The highest BCUT2D eigenvalue weighted by molar-refractivity contribution is 7.15. The smallest absolute Gasteiger partial charge is 0.194 e. The second-order valence-electron chi connectivity index (χ2n) is 3.94. The lowest BCUT2D eigenvalue weighted by Gasteiger charge is -2.10. The van der Waals surface area contributed by atoms with Gasteiger partial charge in [0.2, 0.25) is 0 Å². The van der Waals surface area contributed by atoms with E-state index in [0.717, 1.165) is 16.3 Å². The number of fused-ring (bicyclic) bond motifs is 1. The summed E-state index contributed by atoms with van der Waals surface area (Å²) < 4.78 is 6.95. The predicted molar refractivity (Wildman–Crippen MR) is 67.4 cm³/mol. The predicted octanol–water partition coefficient (Wildman–Crippen LogP) is 0.801. The number of ether oxygens (including phenoxy) is 1. The van der Waals surface area contributed by atoms with Crippen molar-refractivity contribution in [2.45, 2.75) is 19.6 Å². The Morgan fingerprint density at radius 3 is 3.24 bits per heavy atom. The summed E-state index contributed by atoms with van der Waals surface area (Å²) in [5, 5.41) is 14.7. The van der Waals surface area contributed by atoms with Crippen LogP contribution in [0.15, 0.2) is 11.6 Å². The number of imidazole rings is 1. The largest absolute Gasteiger partial charge is 0.389 e. The van der Waals surface area contributed by atoms with Crippen LogP contribution in [0.1, 0.15) is 11.4 Å². The normalized spacial score (nSPS) is 13.4. The molecule has 6 heteroatoms. The third-order valence-corrected chi connectivity index (χ3v) is 3.35. The quantitative estimate of drug-likeness (QED) is 0.801. The summed E-state index contributed by atoms with van der Waals surface area (Å²) in [6.07, 6.45) is 1.55. The fourth-order valence-corrected chi connectivity index (χ4v) is 2.54. The van der Waals surface area contributed by atoms with Gasteiger partial charge in [-0.2, -0.15) is 0 Å². The Balaban J connectivity index is 1.94. The first-order chi connectivity index (χ1) is 8.22. The van der Waals surface area contributed by atoms with Crippen LogP contribution < -0.4 is 5.32 Å². The summed E-state index contributed by atoms with van der Waals surface area (Å²) in [6.45, 7) is 3.57. The van der Waals surface area contributed by atoms with Crippen LogP contribution in [0.4, 0.5) is 0 Å². The number of hydrogen-bond acceptors (Lipinski definition) is 5. The van der Waals surface area contributed by atoms with E-state index in [-0.39, 0.29) is 0 Å². The Hall–Kier alpha value is -0.950. The molecule has 94 valence electrons. The molecule has 0 amide bonds. The molecule has 1 unspecified atom stereocenters. The molecule has 0 spiro atoms. The topological polar surface area (TPSA) is 58.8 Å². The highest BCUT2D eigenvalue weighted by atomic mass is 32.1. The minimum Gasteiger partial charge on any atom is -0.389 e. The number of nitrogens with one attached hydrogen (secondary N) is 1. The number of hydrogen-bond donors (Lipinski definition) is 2. The van der Waals surface area contributed by atoms with E-state index in [1.165, 1.54) is 0 Å². The number of aliphatic hydroxyl groups excluding tert-OH is 1. The van der Waals surface area contributed by atoms with Gasteiger partial charge in [0.1, 0.15) is 0 Å². The van der Waals surface area contributed by atoms with Crippen molar-refractivity contribution in [2.24, 2.45) is 0 Å². The van der Waals surface area contributed by atoms with Crippen LogP contribution in [-0.4, -0.2) is 40.9 Å². The first-order valence-electron chi connectivity index (χ1n) is 5.51. The summed E-state index contributed by atoms with van der Waals surface area (Å²) in [5.74, 6) is 0. The summed E-state index contributed by atoms with van der Waals surface area (Å²) >= 11 is 1.62. The highest BCUT2D eigenvalue weighted by Crippen LogP contribution is 2.16. The standard InChI is InChI=1S/C11H17N3O2S/c1-8-10(6-12-5-9(15)7-16-2)14-3-4-17-11(14)13-8/h3-4,9,12,15H,5-7H2,1-2H3. The Kier molecular flexibility index (Phi) is 4.11. The maximum absolute atomic E-state index is 9.51. The average Bonchev–Trinajstić information content (AvgIpc) is 2.82. The third-order valence-electron chi connectivity index (χ3n) is 2.59. The Labute approximate surface area is 104 Å². The van der Waals surface area contributed by atoms with Crippen molar-refractivity contribution in [3.8, 4) is 0 Å². The maximum Gasteiger partial charge on any atom is 0.194 e. The van der Waals surface area contributed by atoms with Crippen LogP contribution in [-0.2, 0) is 11.3 Å². The minimum atomic E-state index is -0.466. The van der Waals surface area contributed by atoms with Crippen LogP contribution in [0.5, 0.6) is 0 Å². The molecule has 0 aromatic carbocycles. The van der Waals surface area contributed by atoms with Crippen molar-refractivity contribution < 1.29 is 9.84 Å². The summed E-state index contributed by atoms with van der Waals surface area (Å²) in [5.41, 5.74) is 2.18. The molecule has 0 fully saturated rings. The number of nitrogens with zero attached hydrogens (tertiary/aromatic N) is 2. The van der Waals surface area contributed by atoms with Gasteiger partial charge in [0.05, 0.1) is 24.1 Å². The fraction of sp³-hybridized carbons (Fsp3) is 0.545. The molecule has 0 aliphatic carbocycles. The summed E-state index contributed by atoms with van der Waals surface area (Å²) in [6, 6.07) is 0. The zero-order valence-electron chi connectivity index (χ0n) is 10.0.